The summed E-state index contributed by atoms with van der Waals surface area (Å²) in [6, 6.07) is 41.9. The second kappa shape index (κ2) is 33.9. The van der Waals surface area contributed by atoms with E-state index in [1.807, 2.05) is 30.3 Å². The predicted octanol–water partition coefficient (Wildman–Crippen LogP) is 8.31. The van der Waals surface area contributed by atoms with E-state index < -0.39 is 27.0 Å². The summed E-state index contributed by atoms with van der Waals surface area (Å²) in [6.07, 6.45) is 0. The van der Waals surface area contributed by atoms with Gasteiger partial charge in [-0.1, -0.05) is 132 Å². The van der Waals surface area contributed by atoms with Crippen LogP contribution in [0.5, 0.6) is 11.5 Å². The van der Waals surface area contributed by atoms with Gasteiger partial charge in [0.05, 0.1) is 28.7 Å². The van der Waals surface area contributed by atoms with Crippen molar-refractivity contribution in [1.29, 1.82) is 0 Å². The van der Waals surface area contributed by atoms with Crippen molar-refractivity contribution in [2.24, 2.45) is 0 Å². The Morgan fingerprint density at radius 3 is 1.52 bits per heavy atom. The van der Waals surface area contributed by atoms with Gasteiger partial charge in [-0.2, -0.15) is 0 Å². The first-order valence-corrected chi connectivity index (χ1v) is 42.8. The normalized spacial score (nSPS) is 10.0. The zero-order valence-corrected chi connectivity index (χ0v) is 54.1. The predicted molar refractivity (Wildman–Crippen MR) is 279 cm³/mol. The summed E-state index contributed by atoms with van der Waals surface area (Å²) in [5, 5.41) is 34.7. The molecule has 0 aliphatic heterocycles. The molecular formula is C42H31BBrCl2F2I3K3O8P. The van der Waals surface area contributed by atoms with Crippen LogP contribution in [-0.2, 0) is 9.24 Å². The number of hydrogen-bond acceptors (Lipinski definition) is 8. The summed E-state index contributed by atoms with van der Waals surface area (Å²) in [6.45, 7) is 0. The Balaban J connectivity index is 0.000000447. The zero-order chi connectivity index (χ0) is 45.2. The minimum absolute atomic E-state index is 0. The molecule has 0 heterocycles. The summed E-state index contributed by atoms with van der Waals surface area (Å²) in [4.78, 5) is 8.87. The fourth-order valence-electron chi connectivity index (χ4n) is 6.16. The van der Waals surface area contributed by atoms with Crippen LogP contribution >= 0.6 is 109 Å². The molecule has 0 radical (unpaired) electrons. The fraction of sp³-hybridized carbons (Fsp3) is 0.0476. The monoisotopic (exact) mass is 1390 g/mol. The molecule has 0 bridgehead atoms. The summed E-state index contributed by atoms with van der Waals surface area (Å²) in [5.41, 5.74) is 0.924. The van der Waals surface area contributed by atoms with Crippen LogP contribution in [0.2, 0.25) is 10.0 Å². The quantitative estimate of drug-likeness (QED) is 0.0440. The average molecular weight is 1390 g/mol. The van der Waals surface area contributed by atoms with Gasteiger partial charge in [0.25, 0.3) is 0 Å². The number of halogens is 8. The first-order chi connectivity index (χ1) is 29.4. The van der Waals surface area contributed by atoms with Crippen molar-refractivity contribution in [3.05, 3.63) is 160 Å². The number of hydrogen-bond donors (Lipinski definition) is 2. The molecule has 0 saturated carbocycles. The molecule has 1 atom stereocenters. The molecule has 8 aromatic rings. The van der Waals surface area contributed by atoms with E-state index in [-0.39, 0.29) is 90.9 Å². The molecule has 2 N–H and O–H groups in total. The van der Waals surface area contributed by atoms with Crippen LogP contribution in [0, 0.1) is 11.6 Å². The molecule has 0 fully saturated rings. The number of benzene rings is 8. The van der Waals surface area contributed by atoms with Crippen molar-refractivity contribution in [1.82, 2.24) is 0 Å². The summed E-state index contributed by atoms with van der Waals surface area (Å²) in [5.74, 6) is 0.339. The molecule has 8 nitrogen and oxygen atoms in total. The molecule has 0 amide bonds. The van der Waals surface area contributed by atoms with Crippen LogP contribution in [0.3, 0.4) is 0 Å². The van der Waals surface area contributed by atoms with Gasteiger partial charge in [0.2, 0.25) is 0 Å². The maximum absolute atomic E-state index is 14.5. The van der Waals surface area contributed by atoms with E-state index in [0.717, 1.165) is 31.8 Å². The molecular weight excluding hydrogens is 1360 g/mol. The maximum atomic E-state index is 14.5. The molecule has 21 heteroatoms. The van der Waals surface area contributed by atoms with Crippen molar-refractivity contribution >= 4 is 227 Å². The molecule has 8 aromatic carbocycles. The van der Waals surface area contributed by atoms with Gasteiger partial charge in [-0.25, -0.2) is 13.5 Å². The summed E-state index contributed by atoms with van der Waals surface area (Å²) in [7, 11) is -1.64. The SMILES string of the molecule is COc1c(-c2cccc(Cl)c2F)ccc2ccc3ccccc3c12.COc1c(Br)ccc2ccc3ccccc3c12.I.II.O=[P+]([O-])O[O-].OB(O)c1cccc(Cl)c1F.[K+].[K][K]. The molecule has 0 spiro atoms. The molecule has 0 aromatic heterocycles. The average Bonchev–Trinajstić information content (AvgIpc) is 3.29. The van der Waals surface area contributed by atoms with E-state index in [9.17, 15) is 8.78 Å². The van der Waals surface area contributed by atoms with Gasteiger partial charge >= 0.3 is 130 Å². The molecule has 63 heavy (non-hydrogen) atoms. The molecule has 314 valence electrons. The fourth-order valence-corrected chi connectivity index (χ4v) is 7.01. The Bertz CT molecular complexity index is 2740. The Kier molecular flexibility index (Phi) is 34.1. The van der Waals surface area contributed by atoms with Gasteiger partial charge in [-0.05, 0) is 77.1 Å². The van der Waals surface area contributed by atoms with Gasteiger partial charge in [-0.3, -0.25) is 0 Å². The van der Waals surface area contributed by atoms with Crippen molar-refractivity contribution in [2.45, 2.75) is 0 Å². The van der Waals surface area contributed by atoms with E-state index in [1.165, 1.54) is 103 Å². The van der Waals surface area contributed by atoms with E-state index in [1.54, 1.807) is 32.4 Å². The molecule has 0 aliphatic carbocycles. The van der Waals surface area contributed by atoms with Gasteiger partial charge in [-0.15, -0.1) is 24.0 Å². The Morgan fingerprint density at radius 2 is 1.06 bits per heavy atom. The third-order valence-corrected chi connectivity index (χ3v) is 9.98. The van der Waals surface area contributed by atoms with Gasteiger partial charge in [0, 0.05) is 64.6 Å². The second-order valence-corrected chi connectivity index (χ2v) is 14.2. The van der Waals surface area contributed by atoms with E-state index >= 15 is 0 Å². The number of fused-ring (bicyclic) bond motifs is 6. The third kappa shape index (κ3) is 17.9. The Labute approximate surface area is 511 Å². The van der Waals surface area contributed by atoms with Crippen LogP contribution in [0.15, 0.2) is 138 Å². The Hall–Kier alpha value is 2.38. The van der Waals surface area contributed by atoms with Crippen molar-refractivity contribution in [2.75, 3.05) is 14.2 Å². The third-order valence-electron chi connectivity index (χ3n) is 8.65. The molecule has 0 saturated heterocycles. The van der Waals surface area contributed by atoms with E-state index in [0.29, 0.717) is 16.9 Å². The van der Waals surface area contributed by atoms with Crippen LogP contribution in [-0.4, -0.2) is 94.5 Å². The zero-order valence-electron chi connectivity index (χ0n) is 34.1. The van der Waals surface area contributed by atoms with Gasteiger partial charge < -0.3 is 29.7 Å². The number of ether oxygens (including phenoxy) is 2. The second-order valence-electron chi connectivity index (χ2n) is 11.9. The number of methoxy groups -OCH3 is 2. The molecule has 1 unspecified atom stereocenters. The van der Waals surface area contributed by atoms with E-state index in [4.69, 9.17) is 57.4 Å². The molecule has 0 aliphatic rings. The minimum atomic E-state index is -3.15. The first-order valence-electron chi connectivity index (χ1n) is 17.9. The summed E-state index contributed by atoms with van der Waals surface area (Å²) < 4.78 is 50.9. The summed E-state index contributed by atoms with van der Waals surface area (Å²) >= 11 is 21.6. The Morgan fingerprint density at radius 1 is 0.651 bits per heavy atom. The van der Waals surface area contributed by atoms with Crippen LogP contribution in [0.4, 0.5) is 8.78 Å². The van der Waals surface area contributed by atoms with Crippen molar-refractivity contribution < 1.29 is 99.1 Å². The number of rotatable bonds is 5. The van der Waals surface area contributed by atoms with Crippen molar-refractivity contribution in [3.63, 3.8) is 0 Å². The van der Waals surface area contributed by atoms with E-state index in [2.05, 4.69) is 125 Å². The van der Waals surface area contributed by atoms with Crippen LogP contribution < -0.4 is 76.5 Å². The van der Waals surface area contributed by atoms with Gasteiger partial charge in [0.15, 0.2) is 0 Å². The molecule has 8 rings (SSSR count). The van der Waals surface area contributed by atoms with Crippen LogP contribution in [0.1, 0.15) is 0 Å². The van der Waals surface area contributed by atoms with Crippen LogP contribution in [0.25, 0.3) is 54.2 Å². The van der Waals surface area contributed by atoms with Crippen molar-refractivity contribution in [3.8, 4) is 22.6 Å². The standard InChI is InChI=1S/C21H14ClFO.C15H11BrO.C6H5BClFO2.I2.HI.3K.HO4P/c1-24-21-17(16-7-4-8-18(22)20(16)23)12-11-14-10-9-13-5-2-3-6-15(13)19(14)21;1-17-15-13(16)9-8-11-7-6-10-4-2-3-5-12(10)14(11)15;8-5-3-1-2-4(6(5)9)7(10)11;1-2;;;;;1-4-5(2)3/h2-12H,1H3;2-9H,1H3;1-3,10-11H;;1H;;;;1H/q;;;;;;;+1;/p-1. The topological polar surface area (TPSA) is 131 Å². The van der Waals surface area contributed by atoms with Gasteiger partial charge in [0.1, 0.15) is 23.1 Å². The first kappa shape index (κ1) is 63.4.